The maximum absolute atomic E-state index is 14.1. The lowest BCUT2D eigenvalue weighted by Gasteiger charge is -2.33. The number of aromatic nitrogens is 4. The number of anilines is 3. The van der Waals surface area contributed by atoms with Crippen molar-refractivity contribution in [3.63, 3.8) is 0 Å². The first-order chi connectivity index (χ1) is 17.0. The van der Waals surface area contributed by atoms with Crippen LogP contribution in [0.25, 0.3) is 17.0 Å². The van der Waals surface area contributed by atoms with Gasteiger partial charge in [-0.15, -0.1) is 0 Å². The largest absolute Gasteiger partial charge is 0.388 e. The van der Waals surface area contributed by atoms with Gasteiger partial charge in [0, 0.05) is 31.4 Å². The predicted octanol–water partition coefficient (Wildman–Crippen LogP) is 2.83. The summed E-state index contributed by atoms with van der Waals surface area (Å²) < 4.78 is 29.3. The number of aliphatic hydroxyl groups excluding tert-OH is 1. The number of rotatable bonds is 4. The summed E-state index contributed by atoms with van der Waals surface area (Å²) in [6.07, 6.45) is 4.48. The molecule has 2 aliphatic rings. The minimum atomic E-state index is -1.21. The van der Waals surface area contributed by atoms with E-state index in [-0.39, 0.29) is 31.1 Å². The van der Waals surface area contributed by atoms with Crippen molar-refractivity contribution in [2.24, 2.45) is 0 Å². The number of aliphatic hydroxyl groups is 1. The van der Waals surface area contributed by atoms with Crippen LogP contribution >= 0.6 is 0 Å². The van der Waals surface area contributed by atoms with E-state index in [1.807, 2.05) is 11.0 Å². The average Bonchev–Trinajstić information content (AvgIpc) is 3.47. The third-order valence-corrected chi connectivity index (χ3v) is 6.44. The summed E-state index contributed by atoms with van der Waals surface area (Å²) >= 11 is 0. The van der Waals surface area contributed by atoms with Crippen LogP contribution in [0.5, 0.6) is 0 Å². The van der Waals surface area contributed by atoms with Crippen LogP contribution in [0.15, 0.2) is 49.1 Å². The molecule has 2 atom stereocenters. The van der Waals surface area contributed by atoms with Gasteiger partial charge in [0.05, 0.1) is 46.9 Å². The number of β-amino-alcohol motifs (C(OH)–C–C–N with tert-alkyl or cyclic N) is 1. The fourth-order valence-corrected chi connectivity index (χ4v) is 4.63. The molecule has 6 rings (SSSR count). The van der Waals surface area contributed by atoms with Gasteiger partial charge in [-0.2, -0.15) is 0 Å². The summed E-state index contributed by atoms with van der Waals surface area (Å²) in [7, 11) is 0. The molecule has 0 saturated carbocycles. The third-order valence-electron chi connectivity index (χ3n) is 6.44. The summed E-state index contributed by atoms with van der Waals surface area (Å²) in [6, 6.07) is 6.51. The topological polar surface area (TPSA) is 108 Å². The minimum absolute atomic E-state index is 0.185. The van der Waals surface area contributed by atoms with E-state index in [2.05, 4.69) is 25.6 Å². The fraction of sp³-hybridized carbons (Fsp3) is 0.250. The Morgan fingerprint density at radius 2 is 2.03 bits per heavy atom. The zero-order chi connectivity index (χ0) is 24.1. The van der Waals surface area contributed by atoms with E-state index in [0.29, 0.717) is 40.6 Å². The van der Waals surface area contributed by atoms with Crippen LogP contribution < -0.4 is 15.5 Å². The molecule has 6 heterocycles. The van der Waals surface area contributed by atoms with Crippen molar-refractivity contribution in [3.05, 3.63) is 66.0 Å². The SMILES string of the molecule is O=C1NCc2c(-c3cnc4c(F)cccn34)ncc(Nc3ccc(N4CC[C@H](F)[C@H](O)C4)cn3)c21. The highest BCUT2D eigenvalue weighted by Gasteiger charge is 2.29. The van der Waals surface area contributed by atoms with Gasteiger partial charge in [0.15, 0.2) is 11.5 Å². The number of imidazole rings is 1. The molecule has 2 aliphatic heterocycles. The Morgan fingerprint density at radius 1 is 1.14 bits per heavy atom. The molecule has 0 bridgehead atoms. The van der Waals surface area contributed by atoms with E-state index in [1.165, 1.54) is 6.07 Å². The van der Waals surface area contributed by atoms with E-state index < -0.39 is 18.1 Å². The normalized spacial score (nSPS) is 19.6. The van der Waals surface area contributed by atoms with Crippen molar-refractivity contribution in [3.8, 4) is 11.4 Å². The quantitative estimate of drug-likeness (QED) is 0.415. The molecule has 1 amide bonds. The Kier molecular flexibility index (Phi) is 5.06. The van der Waals surface area contributed by atoms with Crippen LogP contribution in [-0.4, -0.2) is 55.7 Å². The molecule has 3 N–H and O–H groups in total. The number of pyridine rings is 3. The highest BCUT2D eigenvalue weighted by atomic mass is 19.1. The number of carbonyl (C=O) groups excluding carboxylic acids is 1. The zero-order valence-corrected chi connectivity index (χ0v) is 18.4. The van der Waals surface area contributed by atoms with Gasteiger partial charge in [-0.1, -0.05) is 0 Å². The van der Waals surface area contributed by atoms with Crippen molar-refractivity contribution in [2.75, 3.05) is 23.3 Å². The molecule has 0 radical (unpaired) electrons. The van der Waals surface area contributed by atoms with E-state index >= 15 is 0 Å². The van der Waals surface area contributed by atoms with Gasteiger partial charge in [0.25, 0.3) is 5.91 Å². The fourth-order valence-electron chi connectivity index (χ4n) is 4.63. The van der Waals surface area contributed by atoms with Gasteiger partial charge < -0.3 is 20.6 Å². The number of hydrogen-bond donors (Lipinski definition) is 3. The summed E-state index contributed by atoms with van der Waals surface area (Å²) in [5, 5.41) is 15.8. The molecule has 11 heteroatoms. The van der Waals surface area contributed by atoms with Crippen LogP contribution in [-0.2, 0) is 6.54 Å². The van der Waals surface area contributed by atoms with Crippen molar-refractivity contribution in [1.82, 2.24) is 24.7 Å². The van der Waals surface area contributed by atoms with E-state index in [0.717, 1.165) is 5.69 Å². The molecule has 4 aromatic rings. The van der Waals surface area contributed by atoms with Crippen molar-refractivity contribution in [2.45, 2.75) is 25.2 Å². The summed E-state index contributed by atoms with van der Waals surface area (Å²) in [6.45, 7) is 0.995. The van der Waals surface area contributed by atoms with Crippen molar-refractivity contribution < 1.29 is 18.7 Å². The van der Waals surface area contributed by atoms with Crippen LogP contribution in [0.2, 0.25) is 0 Å². The van der Waals surface area contributed by atoms with Gasteiger partial charge in [-0.3, -0.25) is 14.2 Å². The number of fused-ring (bicyclic) bond motifs is 2. The zero-order valence-electron chi connectivity index (χ0n) is 18.4. The number of halogens is 2. The standard InChI is InChI=1S/C24H21F2N7O2/c25-15-5-7-32(12-19(15)34)13-3-4-20(27-8-13)31-17-10-28-22(14-9-30-24(35)21(14)17)18-11-29-23-16(26)2-1-6-33(18)23/h1-4,6,8,10-11,15,19,34H,5,7,9,12H2,(H,27,31)(H,30,35)/t15-,19+/m0/s1. The van der Waals surface area contributed by atoms with Crippen LogP contribution in [0, 0.1) is 5.82 Å². The number of piperidine rings is 1. The van der Waals surface area contributed by atoms with Gasteiger partial charge in [-0.25, -0.2) is 18.7 Å². The predicted molar refractivity (Wildman–Crippen MR) is 125 cm³/mol. The van der Waals surface area contributed by atoms with Gasteiger partial charge in [0.1, 0.15) is 18.1 Å². The average molecular weight is 477 g/mol. The molecule has 178 valence electrons. The lowest BCUT2D eigenvalue weighted by molar-refractivity contribution is 0.0645. The maximum atomic E-state index is 14.1. The number of hydrogen-bond acceptors (Lipinski definition) is 7. The van der Waals surface area contributed by atoms with Crippen LogP contribution in [0.1, 0.15) is 22.3 Å². The Morgan fingerprint density at radius 3 is 2.83 bits per heavy atom. The molecular formula is C24H21F2N7O2. The van der Waals surface area contributed by atoms with Gasteiger partial charge in [0.2, 0.25) is 0 Å². The molecule has 4 aromatic heterocycles. The van der Waals surface area contributed by atoms with E-state index in [1.54, 1.807) is 41.3 Å². The van der Waals surface area contributed by atoms with Gasteiger partial charge in [-0.05, 0) is 30.7 Å². The molecule has 9 nitrogen and oxygen atoms in total. The third kappa shape index (κ3) is 3.64. The lowest BCUT2D eigenvalue weighted by atomic mass is 10.1. The second-order valence-electron chi connectivity index (χ2n) is 8.59. The smallest absolute Gasteiger partial charge is 0.254 e. The van der Waals surface area contributed by atoms with Crippen LogP contribution in [0.3, 0.4) is 0 Å². The number of carbonyl (C=O) groups is 1. The monoisotopic (exact) mass is 477 g/mol. The molecule has 0 spiro atoms. The summed E-state index contributed by atoms with van der Waals surface area (Å²) in [5.41, 5.74) is 3.71. The first kappa shape index (κ1) is 21.4. The highest BCUT2D eigenvalue weighted by Crippen LogP contribution is 2.34. The van der Waals surface area contributed by atoms with Crippen molar-refractivity contribution in [1.29, 1.82) is 0 Å². The van der Waals surface area contributed by atoms with Gasteiger partial charge >= 0.3 is 0 Å². The Hall–Kier alpha value is -4.12. The van der Waals surface area contributed by atoms with E-state index in [4.69, 9.17) is 0 Å². The molecular weight excluding hydrogens is 456 g/mol. The number of nitrogens with zero attached hydrogens (tertiary/aromatic N) is 5. The lowest BCUT2D eigenvalue weighted by Crippen LogP contribution is -2.45. The number of alkyl halides is 1. The first-order valence-corrected chi connectivity index (χ1v) is 11.2. The number of nitrogens with one attached hydrogen (secondary N) is 2. The Balaban J connectivity index is 1.30. The second-order valence-corrected chi connectivity index (χ2v) is 8.59. The van der Waals surface area contributed by atoms with Crippen molar-refractivity contribution >= 4 is 28.7 Å². The molecule has 1 saturated heterocycles. The molecule has 0 aromatic carbocycles. The highest BCUT2D eigenvalue weighted by molar-refractivity contribution is 6.05. The molecule has 1 fully saturated rings. The molecule has 0 aliphatic carbocycles. The number of amides is 1. The minimum Gasteiger partial charge on any atom is -0.388 e. The second kappa shape index (κ2) is 8.27. The Bertz CT molecular complexity index is 1440. The summed E-state index contributed by atoms with van der Waals surface area (Å²) in [4.78, 5) is 27.7. The Labute approximate surface area is 198 Å². The molecule has 35 heavy (non-hydrogen) atoms. The first-order valence-electron chi connectivity index (χ1n) is 11.2. The van der Waals surface area contributed by atoms with Crippen LogP contribution in [0.4, 0.5) is 26.0 Å². The molecule has 0 unspecified atom stereocenters. The summed E-state index contributed by atoms with van der Waals surface area (Å²) in [5.74, 6) is -0.185. The maximum Gasteiger partial charge on any atom is 0.254 e. The van der Waals surface area contributed by atoms with E-state index in [9.17, 15) is 18.7 Å².